The maximum absolute atomic E-state index is 5.92. The summed E-state index contributed by atoms with van der Waals surface area (Å²) in [7, 11) is 1.62. The first-order valence-electron chi connectivity index (χ1n) is 7.89. The molecule has 1 aromatic heterocycles. The minimum absolute atomic E-state index is 0.491. The van der Waals surface area contributed by atoms with Crippen molar-refractivity contribution in [2.24, 2.45) is 0 Å². The standard InChI is InChI=1S/C19H20N2O3/c1-4-18-20-19(21-24-18)14-9-10-16(17(11-14)22-3)23-12-15-8-6-5-7-13(15)2/h5-11H,4,12H2,1-3H3. The normalized spacial score (nSPS) is 10.6. The molecule has 2 aromatic carbocycles. The van der Waals surface area contributed by atoms with Crippen LogP contribution in [0.25, 0.3) is 11.4 Å². The number of aromatic nitrogens is 2. The molecular weight excluding hydrogens is 304 g/mol. The highest BCUT2D eigenvalue weighted by atomic mass is 16.5. The third kappa shape index (κ3) is 3.40. The fourth-order valence-electron chi connectivity index (χ4n) is 2.37. The lowest BCUT2D eigenvalue weighted by molar-refractivity contribution is 0.284. The summed E-state index contributed by atoms with van der Waals surface area (Å²) in [6, 6.07) is 13.8. The summed E-state index contributed by atoms with van der Waals surface area (Å²) in [6.45, 7) is 4.53. The summed E-state index contributed by atoms with van der Waals surface area (Å²) in [6.07, 6.45) is 0.710. The van der Waals surface area contributed by atoms with E-state index in [1.165, 1.54) is 5.56 Å². The second-order valence-corrected chi connectivity index (χ2v) is 5.45. The van der Waals surface area contributed by atoms with Crippen molar-refractivity contribution in [1.82, 2.24) is 10.1 Å². The molecule has 0 atom stereocenters. The molecule has 0 fully saturated rings. The third-order valence-corrected chi connectivity index (χ3v) is 3.84. The monoisotopic (exact) mass is 324 g/mol. The largest absolute Gasteiger partial charge is 0.493 e. The minimum atomic E-state index is 0.491. The summed E-state index contributed by atoms with van der Waals surface area (Å²) in [5.41, 5.74) is 3.18. The van der Waals surface area contributed by atoms with E-state index in [4.69, 9.17) is 14.0 Å². The van der Waals surface area contributed by atoms with E-state index < -0.39 is 0 Å². The smallest absolute Gasteiger partial charge is 0.226 e. The first-order chi connectivity index (χ1) is 11.7. The highest BCUT2D eigenvalue weighted by molar-refractivity contribution is 5.60. The van der Waals surface area contributed by atoms with Crippen LogP contribution in [0.2, 0.25) is 0 Å². The Labute approximate surface area is 141 Å². The van der Waals surface area contributed by atoms with Crippen LogP contribution in [0.1, 0.15) is 23.9 Å². The van der Waals surface area contributed by atoms with Gasteiger partial charge in [-0.25, -0.2) is 0 Å². The molecular formula is C19H20N2O3. The van der Waals surface area contributed by atoms with E-state index in [9.17, 15) is 0 Å². The molecule has 5 nitrogen and oxygen atoms in total. The van der Waals surface area contributed by atoms with Crippen LogP contribution in [0.15, 0.2) is 47.0 Å². The van der Waals surface area contributed by atoms with Gasteiger partial charge in [0.2, 0.25) is 11.7 Å². The molecule has 0 spiro atoms. The number of ether oxygens (including phenoxy) is 2. The molecule has 1 heterocycles. The van der Waals surface area contributed by atoms with Gasteiger partial charge in [0, 0.05) is 12.0 Å². The Morgan fingerprint density at radius 2 is 1.92 bits per heavy atom. The molecule has 24 heavy (non-hydrogen) atoms. The Hall–Kier alpha value is -2.82. The predicted molar refractivity (Wildman–Crippen MR) is 91.2 cm³/mol. The van der Waals surface area contributed by atoms with Crippen LogP contribution in [-0.4, -0.2) is 17.3 Å². The topological polar surface area (TPSA) is 57.4 Å². The summed E-state index contributed by atoms with van der Waals surface area (Å²) in [5, 5.41) is 3.99. The lowest BCUT2D eigenvalue weighted by atomic mass is 10.1. The number of methoxy groups -OCH3 is 1. The van der Waals surface area contributed by atoms with Gasteiger partial charge in [-0.2, -0.15) is 4.98 Å². The number of benzene rings is 2. The first-order valence-corrected chi connectivity index (χ1v) is 7.89. The van der Waals surface area contributed by atoms with Gasteiger partial charge < -0.3 is 14.0 Å². The molecule has 0 unspecified atom stereocenters. The molecule has 0 saturated heterocycles. The Kier molecular flexibility index (Phi) is 4.79. The lowest BCUT2D eigenvalue weighted by Crippen LogP contribution is -1.99. The van der Waals surface area contributed by atoms with E-state index >= 15 is 0 Å². The van der Waals surface area contributed by atoms with Gasteiger partial charge in [-0.1, -0.05) is 36.3 Å². The SMILES string of the molecule is CCc1nc(-c2ccc(OCc3ccccc3C)c(OC)c2)no1. The van der Waals surface area contributed by atoms with Crippen LogP contribution < -0.4 is 9.47 Å². The average Bonchev–Trinajstić information content (AvgIpc) is 3.10. The number of hydrogen-bond donors (Lipinski definition) is 0. The van der Waals surface area contributed by atoms with E-state index in [1.54, 1.807) is 7.11 Å². The minimum Gasteiger partial charge on any atom is -0.493 e. The van der Waals surface area contributed by atoms with Gasteiger partial charge in [-0.15, -0.1) is 0 Å². The predicted octanol–water partition coefficient (Wildman–Crippen LogP) is 4.20. The molecule has 0 radical (unpaired) electrons. The van der Waals surface area contributed by atoms with Crippen molar-refractivity contribution in [1.29, 1.82) is 0 Å². The molecule has 124 valence electrons. The summed E-state index contributed by atoms with van der Waals surface area (Å²) in [5.74, 6) is 2.49. The first kappa shape index (κ1) is 16.1. The fraction of sp³-hybridized carbons (Fsp3) is 0.263. The number of hydrogen-bond acceptors (Lipinski definition) is 5. The van der Waals surface area contributed by atoms with Crippen LogP contribution in [0.3, 0.4) is 0 Å². The van der Waals surface area contributed by atoms with Crippen molar-refractivity contribution in [2.45, 2.75) is 26.9 Å². The van der Waals surface area contributed by atoms with Crippen molar-refractivity contribution >= 4 is 0 Å². The van der Waals surface area contributed by atoms with Crippen LogP contribution in [0.5, 0.6) is 11.5 Å². The maximum atomic E-state index is 5.92. The molecule has 3 aromatic rings. The molecule has 0 aliphatic heterocycles. The zero-order valence-electron chi connectivity index (χ0n) is 14.1. The highest BCUT2D eigenvalue weighted by Gasteiger charge is 2.12. The second-order valence-electron chi connectivity index (χ2n) is 5.45. The molecule has 0 amide bonds. The molecule has 0 N–H and O–H groups in total. The highest BCUT2D eigenvalue weighted by Crippen LogP contribution is 2.32. The Bertz CT molecular complexity index is 827. The molecule has 0 bridgehead atoms. The van der Waals surface area contributed by atoms with Gasteiger partial charge in [0.05, 0.1) is 7.11 Å². The molecule has 0 aliphatic carbocycles. The van der Waals surface area contributed by atoms with Crippen molar-refractivity contribution in [3.8, 4) is 22.9 Å². The van der Waals surface area contributed by atoms with E-state index in [2.05, 4.69) is 29.2 Å². The van der Waals surface area contributed by atoms with Crippen LogP contribution >= 0.6 is 0 Å². The summed E-state index contributed by atoms with van der Waals surface area (Å²) < 4.78 is 16.5. The number of rotatable bonds is 6. The zero-order chi connectivity index (χ0) is 16.9. The Balaban J connectivity index is 1.80. The van der Waals surface area contributed by atoms with Gasteiger partial charge in [0.25, 0.3) is 0 Å². The lowest BCUT2D eigenvalue weighted by Gasteiger charge is -2.12. The van der Waals surface area contributed by atoms with Gasteiger partial charge in [0.1, 0.15) is 6.61 Å². The third-order valence-electron chi connectivity index (χ3n) is 3.84. The number of aryl methyl sites for hydroxylation is 2. The van der Waals surface area contributed by atoms with Gasteiger partial charge >= 0.3 is 0 Å². The van der Waals surface area contributed by atoms with Gasteiger partial charge in [0.15, 0.2) is 11.5 Å². The number of nitrogens with zero attached hydrogens (tertiary/aromatic N) is 2. The Morgan fingerprint density at radius 3 is 2.62 bits per heavy atom. The van der Waals surface area contributed by atoms with E-state index in [1.807, 2.05) is 37.3 Å². The van der Waals surface area contributed by atoms with E-state index in [-0.39, 0.29) is 0 Å². The van der Waals surface area contributed by atoms with Gasteiger partial charge in [-0.3, -0.25) is 0 Å². The quantitative estimate of drug-likeness (QED) is 0.680. The van der Waals surface area contributed by atoms with E-state index in [0.29, 0.717) is 36.2 Å². The van der Waals surface area contributed by atoms with Crippen molar-refractivity contribution < 1.29 is 14.0 Å². The van der Waals surface area contributed by atoms with E-state index in [0.717, 1.165) is 11.1 Å². The van der Waals surface area contributed by atoms with Crippen molar-refractivity contribution in [3.05, 3.63) is 59.5 Å². The maximum Gasteiger partial charge on any atom is 0.226 e. The zero-order valence-corrected chi connectivity index (χ0v) is 14.1. The summed E-state index contributed by atoms with van der Waals surface area (Å²) >= 11 is 0. The fourth-order valence-corrected chi connectivity index (χ4v) is 2.37. The summed E-state index contributed by atoms with van der Waals surface area (Å²) in [4.78, 5) is 4.34. The molecule has 0 saturated carbocycles. The van der Waals surface area contributed by atoms with Crippen molar-refractivity contribution in [2.75, 3.05) is 7.11 Å². The average molecular weight is 324 g/mol. The van der Waals surface area contributed by atoms with Crippen molar-refractivity contribution in [3.63, 3.8) is 0 Å². The van der Waals surface area contributed by atoms with Crippen LogP contribution in [0, 0.1) is 6.92 Å². The second kappa shape index (κ2) is 7.17. The molecule has 3 rings (SSSR count). The van der Waals surface area contributed by atoms with Gasteiger partial charge in [-0.05, 0) is 36.2 Å². The Morgan fingerprint density at radius 1 is 1.08 bits per heavy atom. The van der Waals surface area contributed by atoms with Crippen LogP contribution in [-0.2, 0) is 13.0 Å². The molecule has 0 aliphatic rings. The van der Waals surface area contributed by atoms with Crippen LogP contribution in [0.4, 0.5) is 0 Å². The molecule has 5 heteroatoms.